The lowest BCUT2D eigenvalue weighted by Gasteiger charge is -2.09. The van der Waals surface area contributed by atoms with Gasteiger partial charge in [0.25, 0.3) is 5.91 Å². The monoisotopic (exact) mass is 248 g/mol. The third-order valence-corrected chi connectivity index (χ3v) is 3.37. The van der Waals surface area contributed by atoms with Gasteiger partial charge in [0.15, 0.2) is 0 Å². The van der Waals surface area contributed by atoms with Crippen LogP contribution in [0.15, 0.2) is 18.2 Å². The second-order valence-corrected chi connectivity index (χ2v) is 4.82. The van der Waals surface area contributed by atoms with Crippen molar-refractivity contribution < 1.29 is 9.53 Å². The van der Waals surface area contributed by atoms with Gasteiger partial charge < -0.3 is 15.8 Å². The van der Waals surface area contributed by atoms with Crippen LogP contribution in [0.3, 0.4) is 0 Å². The second-order valence-electron chi connectivity index (χ2n) is 4.82. The van der Waals surface area contributed by atoms with Crippen LogP contribution in [0, 0.1) is 5.92 Å². The molecule has 1 aliphatic rings. The Hall–Kier alpha value is -1.71. The van der Waals surface area contributed by atoms with Crippen molar-refractivity contribution in [1.29, 1.82) is 0 Å². The Bertz CT molecular complexity index is 445. The Balaban J connectivity index is 2.01. The third kappa shape index (κ3) is 2.75. The highest BCUT2D eigenvalue weighted by atomic mass is 16.5. The summed E-state index contributed by atoms with van der Waals surface area (Å²) in [7, 11) is 1.54. The summed E-state index contributed by atoms with van der Waals surface area (Å²) in [4.78, 5) is 12.1. The number of rotatable bonds is 5. The number of amides is 1. The molecule has 2 rings (SSSR count). The number of carbonyl (C=O) groups is 1. The van der Waals surface area contributed by atoms with Gasteiger partial charge in [-0.1, -0.05) is 13.3 Å². The number of nitrogen functional groups attached to an aromatic ring is 1. The molecule has 1 aromatic rings. The summed E-state index contributed by atoms with van der Waals surface area (Å²) in [6.07, 6.45) is 3.45. The van der Waals surface area contributed by atoms with E-state index in [0.29, 0.717) is 29.0 Å². The summed E-state index contributed by atoms with van der Waals surface area (Å²) in [6.45, 7) is 2.17. The van der Waals surface area contributed by atoms with E-state index < -0.39 is 0 Å². The Labute approximate surface area is 108 Å². The van der Waals surface area contributed by atoms with Crippen LogP contribution >= 0.6 is 0 Å². The van der Waals surface area contributed by atoms with Crippen molar-refractivity contribution in [2.24, 2.45) is 5.92 Å². The molecule has 1 aromatic carbocycles. The zero-order valence-electron chi connectivity index (χ0n) is 10.9. The molecule has 0 bridgehead atoms. The summed E-state index contributed by atoms with van der Waals surface area (Å²) >= 11 is 0. The number of benzene rings is 1. The summed E-state index contributed by atoms with van der Waals surface area (Å²) in [5.74, 6) is 1.11. The molecule has 2 unspecified atom stereocenters. The van der Waals surface area contributed by atoms with Gasteiger partial charge in [-0.15, -0.1) is 0 Å². The number of ether oxygens (including phenoxy) is 1. The average molecular weight is 248 g/mol. The van der Waals surface area contributed by atoms with Crippen molar-refractivity contribution in [3.8, 4) is 5.75 Å². The van der Waals surface area contributed by atoms with Crippen molar-refractivity contribution in [2.45, 2.75) is 32.2 Å². The van der Waals surface area contributed by atoms with E-state index in [1.165, 1.54) is 12.8 Å². The maximum absolute atomic E-state index is 12.1. The quantitative estimate of drug-likeness (QED) is 0.785. The van der Waals surface area contributed by atoms with Gasteiger partial charge in [0.1, 0.15) is 5.75 Å². The van der Waals surface area contributed by atoms with Crippen LogP contribution < -0.4 is 15.8 Å². The fourth-order valence-corrected chi connectivity index (χ4v) is 2.26. The van der Waals surface area contributed by atoms with Crippen molar-refractivity contribution >= 4 is 11.6 Å². The van der Waals surface area contributed by atoms with Crippen LogP contribution in [0.1, 0.15) is 36.5 Å². The lowest BCUT2D eigenvalue weighted by atomic mass is 10.1. The number of anilines is 1. The SMILES string of the molecule is CCCC1CC1NC(=O)c1ccc(N)cc1OC. The molecule has 2 atom stereocenters. The van der Waals surface area contributed by atoms with Crippen LogP contribution in [0.25, 0.3) is 0 Å². The van der Waals surface area contributed by atoms with Gasteiger partial charge in [0, 0.05) is 17.8 Å². The first kappa shape index (κ1) is 12.7. The molecule has 1 fully saturated rings. The standard InChI is InChI=1S/C14H20N2O2/c1-3-4-9-7-12(9)16-14(17)11-6-5-10(15)8-13(11)18-2/h5-6,8-9,12H,3-4,7,15H2,1-2H3,(H,16,17). The summed E-state index contributed by atoms with van der Waals surface area (Å²) in [6, 6.07) is 5.43. The molecule has 98 valence electrons. The van der Waals surface area contributed by atoms with E-state index in [1.807, 2.05) is 0 Å². The van der Waals surface area contributed by atoms with Crippen molar-refractivity contribution in [3.05, 3.63) is 23.8 Å². The lowest BCUT2D eigenvalue weighted by Crippen LogP contribution is -2.27. The molecule has 1 saturated carbocycles. The van der Waals surface area contributed by atoms with Crippen molar-refractivity contribution in [1.82, 2.24) is 5.32 Å². The normalized spacial score (nSPS) is 21.4. The molecule has 0 heterocycles. The number of hydrogen-bond acceptors (Lipinski definition) is 3. The second kappa shape index (κ2) is 5.29. The van der Waals surface area contributed by atoms with Gasteiger partial charge in [-0.25, -0.2) is 0 Å². The Kier molecular flexibility index (Phi) is 3.75. The van der Waals surface area contributed by atoms with Gasteiger partial charge in [-0.2, -0.15) is 0 Å². The van der Waals surface area contributed by atoms with Crippen molar-refractivity contribution in [3.63, 3.8) is 0 Å². The van der Waals surface area contributed by atoms with E-state index in [0.717, 1.165) is 6.42 Å². The largest absolute Gasteiger partial charge is 0.496 e. The van der Waals surface area contributed by atoms with Crippen LogP contribution in [-0.4, -0.2) is 19.1 Å². The van der Waals surface area contributed by atoms with E-state index in [2.05, 4.69) is 12.2 Å². The van der Waals surface area contributed by atoms with Gasteiger partial charge in [-0.3, -0.25) is 4.79 Å². The number of nitrogens with one attached hydrogen (secondary N) is 1. The van der Waals surface area contributed by atoms with E-state index in [9.17, 15) is 4.79 Å². The average Bonchev–Trinajstić information content (AvgIpc) is 3.07. The fourth-order valence-electron chi connectivity index (χ4n) is 2.26. The minimum absolute atomic E-state index is 0.0737. The predicted molar refractivity (Wildman–Crippen MR) is 71.7 cm³/mol. The smallest absolute Gasteiger partial charge is 0.255 e. The predicted octanol–water partition coefficient (Wildman–Crippen LogP) is 2.20. The Morgan fingerprint density at radius 1 is 1.56 bits per heavy atom. The van der Waals surface area contributed by atoms with Crippen molar-refractivity contribution in [2.75, 3.05) is 12.8 Å². The molecule has 4 nitrogen and oxygen atoms in total. The topological polar surface area (TPSA) is 64.4 Å². The number of carbonyl (C=O) groups excluding carboxylic acids is 1. The molecule has 4 heteroatoms. The number of hydrogen-bond donors (Lipinski definition) is 2. The van der Waals surface area contributed by atoms with Crippen LogP contribution in [-0.2, 0) is 0 Å². The lowest BCUT2D eigenvalue weighted by molar-refractivity contribution is 0.0946. The highest BCUT2D eigenvalue weighted by Crippen LogP contribution is 2.35. The maximum Gasteiger partial charge on any atom is 0.255 e. The number of methoxy groups -OCH3 is 1. The fraction of sp³-hybridized carbons (Fsp3) is 0.500. The molecule has 1 amide bonds. The van der Waals surface area contributed by atoms with E-state index in [4.69, 9.17) is 10.5 Å². The molecule has 18 heavy (non-hydrogen) atoms. The Morgan fingerprint density at radius 2 is 2.33 bits per heavy atom. The molecule has 0 aliphatic heterocycles. The van der Waals surface area contributed by atoms with E-state index in [-0.39, 0.29) is 5.91 Å². The Morgan fingerprint density at radius 3 is 3.00 bits per heavy atom. The number of nitrogens with two attached hydrogens (primary N) is 1. The molecule has 0 radical (unpaired) electrons. The van der Waals surface area contributed by atoms with E-state index >= 15 is 0 Å². The van der Waals surface area contributed by atoms with Crippen LogP contribution in [0.5, 0.6) is 5.75 Å². The first-order valence-corrected chi connectivity index (χ1v) is 6.40. The van der Waals surface area contributed by atoms with Gasteiger partial charge in [-0.05, 0) is 30.9 Å². The minimum Gasteiger partial charge on any atom is -0.496 e. The zero-order valence-corrected chi connectivity index (χ0v) is 10.9. The maximum atomic E-state index is 12.1. The molecule has 1 aliphatic carbocycles. The molecular formula is C14H20N2O2. The summed E-state index contributed by atoms with van der Waals surface area (Å²) in [5.41, 5.74) is 6.81. The highest BCUT2D eigenvalue weighted by molar-refractivity contribution is 5.97. The van der Waals surface area contributed by atoms with Crippen LogP contribution in [0.2, 0.25) is 0 Å². The minimum atomic E-state index is -0.0737. The zero-order chi connectivity index (χ0) is 13.1. The first-order chi connectivity index (χ1) is 8.65. The molecular weight excluding hydrogens is 228 g/mol. The van der Waals surface area contributed by atoms with Crippen LogP contribution in [0.4, 0.5) is 5.69 Å². The molecule has 0 aromatic heterocycles. The van der Waals surface area contributed by atoms with Gasteiger partial charge in [0.2, 0.25) is 0 Å². The first-order valence-electron chi connectivity index (χ1n) is 6.40. The van der Waals surface area contributed by atoms with Gasteiger partial charge in [0.05, 0.1) is 12.7 Å². The molecule has 0 spiro atoms. The summed E-state index contributed by atoms with van der Waals surface area (Å²) < 4.78 is 5.18. The summed E-state index contributed by atoms with van der Waals surface area (Å²) in [5, 5.41) is 3.04. The van der Waals surface area contributed by atoms with E-state index in [1.54, 1.807) is 25.3 Å². The molecule has 0 saturated heterocycles. The third-order valence-electron chi connectivity index (χ3n) is 3.37. The van der Waals surface area contributed by atoms with Gasteiger partial charge >= 0.3 is 0 Å². The molecule has 3 N–H and O–H groups in total. The highest BCUT2D eigenvalue weighted by Gasteiger charge is 2.37.